The van der Waals surface area contributed by atoms with Gasteiger partial charge in [-0.2, -0.15) is 0 Å². The summed E-state index contributed by atoms with van der Waals surface area (Å²) in [4.78, 5) is 19.7. The van der Waals surface area contributed by atoms with E-state index in [1.54, 1.807) is 0 Å². The van der Waals surface area contributed by atoms with E-state index in [-0.39, 0.29) is 5.91 Å². The second kappa shape index (κ2) is 7.90. The minimum atomic E-state index is -0.203. The Hall–Kier alpha value is -2.17. The molecule has 1 aliphatic heterocycles. The summed E-state index contributed by atoms with van der Waals surface area (Å²) in [5.41, 5.74) is 5.35. The summed E-state index contributed by atoms with van der Waals surface area (Å²) in [7, 11) is 0. The van der Waals surface area contributed by atoms with E-state index in [0.29, 0.717) is 12.2 Å². The monoisotopic (exact) mass is 310 g/mol. The van der Waals surface area contributed by atoms with Crippen LogP contribution in [0.25, 0.3) is 11.1 Å². The molecule has 0 bridgehead atoms. The van der Waals surface area contributed by atoms with E-state index in [2.05, 4.69) is 22.5 Å². The molecule has 4 heteroatoms. The number of nitrogens with zero attached hydrogens (tertiary/aromatic N) is 1. The Labute approximate surface area is 137 Å². The molecule has 0 atom stereocenters. The zero-order valence-electron chi connectivity index (χ0n) is 13.2. The molecule has 0 unspecified atom stereocenters. The van der Waals surface area contributed by atoms with Crippen molar-refractivity contribution < 1.29 is 9.63 Å². The number of benzene rings is 2. The van der Waals surface area contributed by atoms with Gasteiger partial charge < -0.3 is 4.90 Å². The Bertz CT molecular complexity index is 620. The summed E-state index contributed by atoms with van der Waals surface area (Å²) in [5, 5.41) is 0. The molecule has 1 heterocycles. The minimum absolute atomic E-state index is 0.203. The molecule has 4 nitrogen and oxygen atoms in total. The third-order valence-corrected chi connectivity index (χ3v) is 4.13. The Balaban J connectivity index is 1.47. The number of nitrogens with one attached hydrogen (secondary N) is 1. The van der Waals surface area contributed by atoms with Gasteiger partial charge in [-0.3, -0.25) is 9.63 Å². The molecule has 1 amide bonds. The quantitative estimate of drug-likeness (QED) is 0.658. The first kappa shape index (κ1) is 15.7. The number of carbonyl (C=O) groups excluding carboxylic acids is 1. The van der Waals surface area contributed by atoms with E-state index in [1.165, 1.54) is 12.8 Å². The van der Waals surface area contributed by atoms with Crippen LogP contribution in [0.2, 0.25) is 0 Å². The smallest absolute Gasteiger partial charge is 0.274 e. The molecule has 0 saturated carbocycles. The largest absolute Gasteiger partial charge is 0.301 e. The van der Waals surface area contributed by atoms with Crippen molar-refractivity contribution in [2.24, 2.45) is 0 Å². The highest BCUT2D eigenvalue weighted by Crippen LogP contribution is 2.19. The van der Waals surface area contributed by atoms with Crippen LogP contribution >= 0.6 is 0 Å². The van der Waals surface area contributed by atoms with Gasteiger partial charge in [0, 0.05) is 12.1 Å². The summed E-state index contributed by atoms with van der Waals surface area (Å²) < 4.78 is 0. The first-order chi connectivity index (χ1) is 11.3. The predicted molar refractivity (Wildman–Crippen MR) is 91.0 cm³/mol. The lowest BCUT2D eigenvalue weighted by Gasteiger charge is -2.14. The topological polar surface area (TPSA) is 41.6 Å². The van der Waals surface area contributed by atoms with Crippen LogP contribution in [0.15, 0.2) is 54.6 Å². The number of hydrogen-bond donors (Lipinski definition) is 1. The molecule has 1 aliphatic rings. The Morgan fingerprint density at radius 1 is 0.957 bits per heavy atom. The summed E-state index contributed by atoms with van der Waals surface area (Å²) in [6.45, 7) is 3.66. The van der Waals surface area contributed by atoms with Crippen LogP contribution in [0.1, 0.15) is 23.2 Å². The number of likely N-dealkylation sites (tertiary alicyclic amines) is 1. The van der Waals surface area contributed by atoms with Gasteiger partial charge in [0.15, 0.2) is 0 Å². The lowest BCUT2D eigenvalue weighted by atomic mass is 10.0. The summed E-state index contributed by atoms with van der Waals surface area (Å²) in [6, 6.07) is 17.7. The van der Waals surface area contributed by atoms with Crippen molar-refractivity contribution in [3.05, 3.63) is 60.2 Å². The maximum absolute atomic E-state index is 12.0. The van der Waals surface area contributed by atoms with E-state index in [9.17, 15) is 4.79 Å². The third-order valence-electron chi connectivity index (χ3n) is 4.13. The van der Waals surface area contributed by atoms with Crippen molar-refractivity contribution >= 4 is 5.91 Å². The fourth-order valence-corrected chi connectivity index (χ4v) is 2.80. The van der Waals surface area contributed by atoms with Crippen LogP contribution in [0.4, 0.5) is 0 Å². The van der Waals surface area contributed by atoms with Gasteiger partial charge >= 0.3 is 0 Å². The average molecular weight is 310 g/mol. The molecule has 1 saturated heterocycles. The van der Waals surface area contributed by atoms with Gasteiger partial charge in [-0.1, -0.05) is 42.5 Å². The Morgan fingerprint density at radius 2 is 1.61 bits per heavy atom. The molecule has 0 aliphatic carbocycles. The molecule has 1 fully saturated rings. The fraction of sp³-hybridized carbons (Fsp3) is 0.316. The van der Waals surface area contributed by atoms with E-state index in [4.69, 9.17) is 4.84 Å². The first-order valence-electron chi connectivity index (χ1n) is 8.13. The van der Waals surface area contributed by atoms with Gasteiger partial charge in [-0.15, -0.1) is 0 Å². The molecule has 0 radical (unpaired) electrons. The number of amides is 1. The van der Waals surface area contributed by atoms with E-state index in [0.717, 1.165) is 30.8 Å². The highest BCUT2D eigenvalue weighted by atomic mass is 16.6. The van der Waals surface area contributed by atoms with Crippen LogP contribution in [0.5, 0.6) is 0 Å². The van der Waals surface area contributed by atoms with Gasteiger partial charge in [0.05, 0.1) is 6.61 Å². The summed E-state index contributed by atoms with van der Waals surface area (Å²) in [5.74, 6) is -0.203. The predicted octanol–water partition coefficient (Wildman–Crippen LogP) is 3.11. The Kier molecular flexibility index (Phi) is 5.40. The zero-order chi connectivity index (χ0) is 15.9. The highest BCUT2D eigenvalue weighted by Gasteiger charge is 2.11. The van der Waals surface area contributed by atoms with Gasteiger partial charge in [-0.25, -0.2) is 5.48 Å². The molecule has 1 N–H and O–H groups in total. The van der Waals surface area contributed by atoms with Crippen LogP contribution in [0, 0.1) is 0 Å². The zero-order valence-corrected chi connectivity index (χ0v) is 13.2. The van der Waals surface area contributed by atoms with Crippen molar-refractivity contribution in [2.75, 3.05) is 26.2 Å². The lowest BCUT2D eigenvalue weighted by molar-refractivity contribution is 0.0244. The van der Waals surface area contributed by atoms with Gasteiger partial charge in [0.1, 0.15) is 0 Å². The molecule has 23 heavy (non-hydrogen) atoms. The van der Waals surface area contributed by atoms with Crippen molar-refractivity contribution in [1.29, 1.82) is 0 Å². The number of carbonyl (C=O) groups is 1. The maximum atomic E-state index is 12.0. The molecule has 120 valence electrons. The van der Waals surface area contributed by atoms with Gasteiger partial charge in [0.2, 0.25) is 0 Å². The van der Waals surface area contributed by atoms with Crippen molar-refractivity contribution in [3.8, 4) is 11.1 Å². The van der Waals surface area contributed by atoms with Crippen LogP contribution < -0.4 is 5.48 Å². The number of hydroxylamine groups is 1. The molecular formula is C19H22N2O2. The van der Waals surface area contributed by atoms with Crippen LogP contribution in [-0.2, 0) is 4.84 Å². The SMILES string of the molecule is O=C(NOCCN1CCCC1)c1ccc(-c2ccccc2)cc1. The average Bonchev–Trinajstić information content (AvgIpc) is 3.13. The third kappa shape index (κ3) is 4.41. The number of hydrogen-bond acceptors (Lipinski definition) is 3. The second-order valence-electron chi connectivity index (χ2n) is 5.77. The molecule has 0 aromatic heterocycles. The second-order valence-corrected chi connectivity index (χ2v) is 5.77. The van der Waals surface area contributed by atoms with E-state index >= 15 is 0 Å². The molecule has 3 rings (SSSR count). The highest BCUT2D eigenvalue weighted by molar-refractivity contribution is 5.93. The molecule has 0 spiro atoms. The minimum Gasteiger partial charge on any atom is -0.301 e. The van der Waals surface area contributed by atoms with Crippen LogP contribution in [0.3, 0.4) is 0 Å². The molecular weight excluding hydrogens is 288 g/mol. The van der Waals surface area contributed by atoms with Crippen molar-refractivity contribution in [1.82, 2.24) is 10.4 Å². The summed E-state index contributed by atoms with van der Waals surface area (Å²) >= 11 is 0. The maximum Gasteiger partial charge on any atom is 0.274 e. The Morgan fingerprint density at radius 3 is 2.30 bits per heavy atom. The van der Waals surface area contributed by atoms with E-state index in [1.807, 2.05) is 42.5 Å². The van der Waals surface area contributed by atoms with Crippen LogP contribution in [-0.4, -0.2) is 37.0 Å². The lowest BCUT2D eigenvalue weighted by Crippen LogP contribution is -2.30. The van der Waals surface area contributed by atoms with Gasteiger partial charge in [0.25, 0.3) is 5.91 Å². The van der Waals surface area contributed by atoms with Gasteiger partial charge in [-0.05, 0) is 49.2 Å². The van der Waals surface area contributed by atoms with Crippen molar-refractivity contribution in [3.63, 3.8) is 0 Å². The number of rotatable bonds is 6. The standard InChI is InChI=1S/C19H22N2O2/c22-19(20-23-15-14-21-12-4-5-13-21)18-10-8-17(9-11-18)16-6-2-1-3-7-16/h1-3,6-11H,4-5,12-15H2,(H,20,22). The summed E-state index contributed by atoms with van der Waals surface area (Å²) in [6.07, 6.45) is 2.53. The molecule has 2 aromatic carbocycles. The normalized spacial score (nSPS) is 14.8. The van der Waals surface area contributed by atoms with E-state index < -0.39 is 0 Å². The fourth-order valence-electron chi connectivity index (χ4n) is 2.80. The molecule has 2 aromatic rings. The van der Waals surface area contributed by atoms with Crippen molar-refractivity contribution in [2.45, 2.75) is 12.8 Å². The first-order valence-corrected chi connectivity index (χ1v) is 8.13.